The second kappa shape index (κ2) is 8.98. The number of carbonyl (C=O) groups is 1. The lowest BCUT2D eigenvalue weighted by Gasteiger charge is -2.17. The van der Waals surface area contributed by atoms with Crippen molar-refractivity contribution >= 4 is 5.91 Å². The summed E-state index contributed by atoms with van der Waals surface area (Å²) in [6.45, 7) is 1.06. The molecule has 2 atom stereocenters. The number of alkyl halides is 1. The van der Waals surface area contributed by atoms with Gasteiger partial charge in [0.05, 0.1) is 6.54 Å². The number of hydrogen-bond acceptors (Lipinski definition) is 5. The van der Waals surface area contributed by atoms with E-state index in [0.29, 0.717) is 24.4 Å². The molecule has 0 bridgehead atoms. The third-order valence-corrected chi connectivity index (χ3v) is 5.10. The molecule has 1 aromatic heterocycles. The van der Waals surface area contributed by atoms with E-state index >= 15 is 0 Å². The zero-order valence-electron chi connectivity index (χ0n) is 16.2. The van der Waals surface area contributed by atoms with E-state index in [9.17, 15) is 13.6 Å². The number of tetrazole rings is 1. The number of aromatic nitrogens is 4. The van der Waals surface area contributed by atoms with Gasteiger partial charge in [0, 0.05) is 24.6 Å². The summed E-state index contributed by atoms with van der Waals surface area (Å²) in [6.07, 6.45) is 0.802. The summed E-state index contributed by atoms with van der Waals surface area (Å²) in [6, 6.07) is 13.1. The van der Waals surface area contributed by atoms with E-state index in [1.165, 1.54) is 18.5 Å². The normalized spacial score (nSPS) is 17.1. The minimum atomic E-state index is -1.28. The summed E-state index contributed by atoms with van der Waals surface area (Å²) in [5.41, 5.74) is 1.59. The molecule has 4 rings (SSSR count). The molecule has 156 valence electrons. The van der Waals surface area contributed by atoms with Crippen molar-refractivity contribution in [1.82, 2.24) is 25.1 Å². The second-order valence-corrected chi connectivity index (χ2v) is 7.21. The maximum atomic E-state index is 13.9. The molecule has 3 aromatic rings. The fraction of sp³-hybridized carbons (Fsp3) is 0.333. The third-order valence-electron chi connectivity index (χ3n) is 5.10. The molecule has 1 saturated heterocycles. The van der Waals surface area contributed by atoms with E-state index in [1.807, 2.05) is 0 Å². The number of nitrogens with zero attached hydrogens (tertiary/aromatic N) is 5. The van der Waals surface area contributed by atoms with Gasteiger partial charge >= 0.3 is 0 Å². The van der Waals surface area contributed by atoms with E-state index in [2.05, 4.69) is 15.4 Å². The molecule has 1 amide bonds. The highest BCUT2D eigenvalue weighted by Gasteiger charge is 2.28. The van der Waals surface area contributed by atoms with E-state index in [1.54, 1.807) is 41.3 Å². The zero-order chi connectivity index (χ0) is 20.9. The molecule has 0 aliphatic carbocycles. The summed E-state index contributed by atoms with van der Waals surface area (Å²) in [4.78, 5) is 15.7. The maximum absolute atomic E-state index is 13.9. The van der Waals surface area contributed by atoms with Crippen LogP contribution in [0.4, 0.5) is 8.78 Å². The van der Waals surface area contributed by atoms with Crippen molar-refractivity contribution < 1.29 is 18.3 Å². The Morgan fingerprint density at radius 3 is 2.63 bits per heavy atom. The predicted octanol–water partition coefficient (Wildman–Crippen LogP) is 2.86. The predicted molar refractivity (Wildman–Crippen MR) is 104 cm³/mol. The van der Waals surface area contributed by atoms with Crippen molar-refractivity contribution in [1.29, 1.82) is 0 Å². The van der Waals surface area contributed by atoms with Crippen molar-refractivity contribution in [3.05, 3.63) is 71.8 Å². The largest absolute Gasteiger partial charge is 0.490 e. The molecule has 1 fully saturated rings. The minimum Gasteiger partial charge on any atom is -0.490 e. The van der Waals surface area contributed by atoms with Crippen LogP contribution in [0.5, 0.6) is 5.75 Å². The highest BCUT2D eigenvalue weighted by Crippen LogP contribution is 2.28. The molecule has 1 aliphatic rings. The standard InChI is InChI=1S/C21H21F2N5O2/c22-18-5-1-15(2-6-18)17-9-10-27(11-17)21(29)16-3-7-20(8-4-16)30-13-19(23)12-28-25-14-24-26-28/h1-8,14,17,19H,9-13H2/t17-,19+/m0/s1. The molecule has 0 N–H and O–H groups in total. The molecule has 0 spiro atoms. The van der Waals surface area contributed by atoms with Crippen LogP contribution in [0.2, 0.25) is 0 Å². The Balaban J connectivity index is 1.29. The molecule has 2 heterocycles. The number of ether oxygens (including phenoxy) is 1. The average molecular weight is 413 g/mol. The molecule has 9 heteroatoms. The first-order chi connectivity index (χ1) is 14.6. The van der Waals surface area contributed by atoms with Crippen molar-refractivity contribution in [3.63, 3.8) is 0 Å². The third kappa shape index (κ3) is 4.79. The molecule has 1 aliphatic heterocycles. The highest BCUT2D eigenvalue weighted by molar-refractivity contribution is 5.94. The molecule has 0 saturated carbocycles. The fourth-order valence-corrected chi connectivity index (χ4v) is 3.52. The number of amides is 1. The van der Waals surface area contributed by atoms with Gasteiger partial charge in [-0.2, -0.15) is 4.80 Å². The van der Waals surface area contributed by atoms with E-state index < -0.39 is 6.17 Å². The lowest BCUT2D eigenvalue weighted by atomic mass is 9.99. The number of carbonyl (C=O) groups excluding carboxylic acids is 1. The van der Waals surface area contributed by atoms with Gasteiger partial charge in [-0.05, 0) is 53.6 Å². The Morgan fingerprint density at radius 2 is 1.93 bits per heavy atom. The lowest BCUT2D eigenvalue weighted by molar-refractivity contribution is 0.0790. The van der Waals surface area contributed by atoms with Crippen LogP contribution in [-0.2, 0) is 6.54 Å². The first-order valence-electron chi connectivity index (χ1n) is 9.71. The van der Waals surface area contributed by atoms with Gasteiger partial charge in [0.1, 0.15) is 18.2 Å². The lowest BCUT2D eigenvalue weighted by Crippen LogP contribution is -2.28. The molecular weight excluding hydrogens is 392 g/mol. The van der Waals surface area contributed by atoms with Crippen LogP contribution in [0.1, 0.15) is 28.3 Å². The van der Waals surface area contributed by atoms with Crippen LogP contribution < -0.4 is 4.74 Å². The van der Waals surface area contributed by atoms with Crippen LogP contribution in [0.25, 0.3) is 0 Å². The number of hydrogen-bond donors (Lipinski definition) is 0. The van der Waals surface area contributed by atoms with Crippen LogP contribution in [-0.4, -0.2) is 56.9 Å². The van der Waals surface area contributed by atoms with Crippen molar-refractivity contribution in [2.24, 2.45) is 0 Å². The highest BCUT2D eigenvalue weighted by atomic mass is 19.1. The van der Waals surface area contributed by atoms with Crippen LogP contribution in [0.15, 0.2) is 54.9 Å². The summed E-state index contributed by atoms with van der Waals surface area (Å²) in [7, 11) is 0. The summed E-state index contributed by atoms with van der Waals surface area (Å²) in [5.74, 6) is 0.359. The molecule has 7 nitrogen and oxygen atoms in total. The van der Waals surface area contributed by atoms with Crippen molar-refractivity contribution in [3.8, 4) is 5.75 Å². The Hall–Kier alpha value is -3.36. The molecule has 2 aromatic carbocycles. The Kier molecular flexibility index (Phi) is 5.97. The Morgan fingerprint density at radius 1 is 1.17 bits per heavy atom. The van der Waals surface area contributed by atoms with Crippen molar-refractivity contribution in [2.75, 3.05) is 19.7 Å². The zero-order valence-corrected chi connectivity index (χ0v) is 16.2. The summed E-state index contributed by atoms with van der Waals surface area (Å²) in [5, 5.41) is 10.9. The quantitative estimate of drug-likeness (QED) is 0.596. The number of benzene rings is 2. The first-order valence-corrected chi connectivity index (χ1v) is 9.71. The smallest absolute Gasteiger partial charge is 0.253 e. The Labute approximate surface area is 172 Å². The minimum absolute atomic E-state index is 0.0409. The van der Waals surface area contributed by atoms with Gasteiger partial charge in [-0.1, -0.05) is 12.1 Å². The molecule has 0 unspecified atom stereocenters. The van der Waals surface area contributed by atoms with E-state index in [4.69, 9.17) is 4.74 Å². The van der Waals surface area contributed by atoms with E-state index in [0.717, 1.165) is 16.8 Å². The van der Waals surface area contributed by atoms with Gasteiger partial charge in [-0.15, -0.1) is 10.2 Å². The van der Waals surface area contributed by atoms with Gasteiger partial charge in [0.25, 0.3) is 5.91 Å². The maximum Gasteiger partial charge on any atom is 0.253 e. The van der Waals surface area contributed by atoms with Crippen molar-refractivity contribution in [2.45, 2.75) is 25.1 Å². The van der Waals surface area contributed by atoms with Gasteiger partial charge in [-0.25, -0.2) is 8.78 Å². The SMILES string of the molecule is O=C(c1ccc(OC[C@H](F)Cn2ncnn2)cc1)N1CC[C@H](c2ccc(F)cc2)C1. The van der Waals surface area contributed by atoms with Gasteiger partial charge in [-0.3, -0.25) is 4.79 Å². The summed E-state index contributed by atoms with van der Waals surface area (Å²) >= 11 is 0. The van der Waals surface area contributed by atoms with Gasteiger partial charge < -0.3 is 9.64 Å². The number of halogens is 2. The first kappa shape index (κ1) is 19.9. The number of likely N-dealkylation sites (tertiary alicyclic amines) is 1. The van der Waals surface area contributed by atoms with Crippen LogP contribution >= 0.6 is 0 Å². The average Bonchev–Trinajstić information content (AvgIpc) is 3.45. The van der Waals surface area contributed by atoms with E-state index in [-0.39, 0.29) is 30.8 Å². The fourth-order valence-electron chi connectivity index (χ4n) is 3.52. The number of rotatable bonds is 7. The van der Waals surface area contributed by atoms with Gasteiger partial charge in [0.2, 0.25) is 0 Å². The second-order valence-electron chi connectivity index (χ2n) is 7.21. The summed E-state index contributed by atoms with van der Waals surface area (Å²) < 4.78 is 32.5. The van der Waals surface area contributed by atoms with Gasteiger partial charge in [0.15, 0.2) is 12.5 Å². The monoisotopic (exact) mass is 413 g/mol. The molecule has 30 heavy (non-hydrogen) atoms. The van der Waals surface area contributed by atoms with Crippen LogP contribution in [0, 0.1) is 5.82 Å². The molecular formula is C21H21F2N5O2. The Bertz CT molecular complexity index is 964. The molecule has 0 radical (unpaired) electrons. The van der Waals surface area contributed by atoms with Crippen LogP contribution in [0.3, 0.4) is 0 Å². The topological polar surface area (TPSA) is 73.1 Å².